The van der Waals surface area contributed by atoms with Crippen LogP contribution in [-0.4, -0.2) is 22.8 Å². The van der Waals surface area contributed by atoms with Crippen molar-refractivity contribution in [2.24, 2.45) is 0 Å². The Hall–Kier alpha value is -1.01. The Morgan fingerprint density at radius 1 is 1.26 bits per heavy atom. The zero-order valence-electron chi connectivity index (χ0n) is 10.7. The van der Waals surface area contributed by atoms with Gasteiger partial charge in [-0.25, -0.2) is 0 Å². The molecule has 1 saturated carbocycles. The van der Waals surface area contributed by atoms with Crippen LogP contribution in [0.3, 0.4) is 0 Å². The van der Waals surface area contributed by atoms with Crippen molar-refractivity contribution in [3.63, 3.8) is 0 Å². The molecule has 0 radical (unpaired) electrons. The van der Waals surface area contributed by atoms with Gasteiger partial charge in [0.1, 0.15) is 0 Å². The molecular formula is C13H18N2O2S2. The third-order valence-corrected chi connectivity index (χ3v) is 5.30. The van der Waals surface area contributed by atoms with Gasteiger partial charge in [-0.05, 0) is 24.3 Å². The van der Waals surface area contributed by atoms with Crippen LogP contribution >= 0.6 is 23.1 Å². The summed E-state index contributed by atoms with van der Waals surface area (Å²) >= 11 is 3.04. The highest BCUT2D eigenvalue weighted by atomic mass is 32.2. The molecule has 19 heavy (non-hydrogen) atoms. The van der Waals surface area contributed by atoms with E-state index in [1.165, 1.54) is 43.4 Å². The maximum absolute atomic E-state index is 11.6. The fourth-order valence-corrected chi connectivity index (χ4v) is 3.80. The SMILES string of the molecule is O=C(CSC1CCCCC1)NNC(=O)c1cccs1. The first-order valence-corrected chi connectivity index (χ1v) is 8.43. The third kappa shape index (κ3) is 4.87. The first kappa shape index (κ1) is 14.4. The molecule has 1 fully saturated rings. The molecule has 0 bridgehead atoms. The van der Waals surface area contributed by atoms with Gasteiger partial charge in [0, 0.05) is 5.25 Å². The molecule has 0 aliphatic heterocycles. The van der Waals surface area contributed by atoms with E-state index >= 15 is 0 Å². The van der Waals surface area contributed by atoms with Gasteiger partial charge in [0.15, 0.2) is 0 Å². The average molecular weight is 298 g/mol. The first-order valence-electron chi connectivity index (χ1n) is 6.50. The molecule has 2 rings (SSSR count). The number of thioether (sulfide) groups is 1. The zero-order chi connectivity index (χ0) is 13.5. The second kappa shape index (κ2) is 7.55. The lowest BCUT2D eigenvalue weighted by molar-refractivity contribution is -0.119. The van der Waals surface area contributed by atoms with E-state index < -0.39 is 0 Å². The lowest BCUT2D eigenvalue weighted by Crippen LogP contribution is -2.42. The maximum atomic E-state index is 11.6. The number of amides is 2. The molecule has 0 spiro atoms. The van der Waals surface area contributed by atoms with Gasteiger partial charge < -0.3 is 0 Å². The van der Waals surface area contributed by atoms with Crippen molar-refractivity contribution in [3.05, 3.63) is 22.4 Å². The molecule has 1 aliphatic carbocycles. The van der Waals surface area contributed by atoms with E-state index in [1.54, 1.807) is 23.9 Å². The summed E-state index contributed by atoms with van der Waals surface area (Å²) in [5.41, 5.74) is 4.89. The number of nitrogens with one attached hydrogen (secondary N) is 2. The van der Waals surface area contributed by atoms with Crippen LogP contribution in [0.25, 0.3) is 0 Å². The van der Waals surface area contributed by atoms with E-state index in [2.05, 4.69) is 10.9 Å². The summed E-state index contributed by atoms with van der Waals surface area (Å²) in [5.74, 6) is 0.0153. The summed E-state index contributed by atoms with van der Waals surface area (Å²) in [7, 11) is 0. The molecule has 1 heterocycles. The average Bonchev–Trinajstić information content (AvgIpc) is 2.98. The quantitative estimate of drug-likeness (QED) is 0.840. The molecule has 4 nitrogen and oxygen atoms in total. The Morgan fingerprint density at radius 3 is 2.74 bits per heavy atom. The number of thiophene rings is 1. The maximum Gasteiger partial charge on any atom is 0.279 e. The van der Waals surface area contributed by atoms with E-state index in [9.17, 15) is 9.59 Å². The minimum atomic E-state index is -0.258. The molecular weight excluding hydrogens is 280 g/mol. The predicted molar refractivity (Wildman–Crippen MR) is 79.3 cm³/mol. The van der Waals surface area contributed by atoms with Gasteiger partial charge >= 0.3 is 0 Å². The smallest absolute Gasteiger partial charge is 0.272 e. The van der Waals surface area contributed by atoms with Gasteiger partial charge in [-0.15, -0.1) is 23.1 Å². The summed E-state index contributed by atoms with van der Waals surface area (Å²) in [6.07, 6.45) is 6.28. The summed E-state index contributed by atoms with van der Waals surface area (Å²) in [6.45, 7) is 0. The van der Waals surface area contributed by atoms with Crippen molar-refractivity contribution >= 4 is 34.9 Å². The largest absolute Gasteiger partial charge is 0.279 e. The normalized spacial score (nSPS) is 16.0. The highest BCUT2D eigenvalue weighted by molar-refractivity contribution is 8.00. The molecule has 2 N–H and O–H groups in total. The molecule has 104 valence electrons. The summed E-state index contributed by atoms with van der Waals surface area (Å²) in [6, 6.07) is 3.53. The van der Waals surface area contributed by atoms with E-state index in [4.69, 9.17) is 0 Å². The number of rotatable bonds is 4. The van der Waals surface area contributed by atoms with Gasteiger partial charge in [-0.1, -0.05) is 25.3 Å². The van der Waals surface area contributed by atoms with Crippen LogP contribution < -0.4 is 10.9 Å². The van der Waals surface area contributed by atoms with Crippen LogP contribution in [0.1, 0.15) is 41.8 Å². The number of carbonyl (C=O) groups excluding carboxylic acids is 2. The van der Waals surface area contributed by atoms with Crippen molar-refractivity contribution in [1.82, 2.24) is 10.9 Å². The highest BCUT2D eigenvalue weighted by Gasteiger charge is 2.15. The Balaban J connectivity index is 1.63. The number of hydrogen-bond donors (Lipinski definition) is 2. The standard InChI is InChI=1S/C13H18N2O2S2/c16-12(9-19-10-5-2-1-3-6-10)14-15-13(17)11-7-4-8-18-11/h4,7-8,10H,1-3,5-6,9H2,(H,14,16)(H,15,17). The molecule has 1 aliphatic rings. The van der Waals surface area contributed by atoms with E-state index in [1.807, 2.05) is 5.38 Å². The first-order chi connectivity index (χ1) is 9.25. The lowest BCUT2D eigenvalue weighted by atomic mass is 10.0. The highest BCUT2D eigenvalue weighted by Crippen LogP contribution is 2.27. The number of hydrogen-bond acceptors (Lipinski definition) is 4. The summed E-state index contributed by atoms with van der Waals surface area (Å²) in [5, 5.41) is 2.43. The Morgan fingerprint density at radius 2 is 2.05 bits per heavy atom. The van der Waals surface area contributed by atoms with E-state index in [-0.39, 0.29) is 11.8 Å². The molecule has 0 atom stereocenters. The summed E-state index contributed by atoms with van der Waals surface area (Å²) < 4.78 is 0. The van der Waals surface area contributed by atoms with Crippen LogP contribution in [0.2, 0.25) is 0 Å². The number of carbonyl (C=O) groups is 2. The second-order valence-corrected chi connectivity index (χ2v) is 6.79. The number of hydrazine groups is 1. The fourth-order valence-electron chi connectivity index (χ4n) is 2.06. The van der Waals surface area contributed by atoms with Gasteiger partial charge in [0.05, 0.1) is 10.6 Å². The van der Waals surface area contributed by atoms with Gasteiger partial charge in [0.2, 0.25) is 5.91 Å². The topological polar surface area (TPSA) is 58.2 Å². The molecule has 1 aromatic heterocycles. The van der Waals surface area contributed by atoms with Crippen molar-refractivity contribution in [3.8, 4) is 0 Å². The molecule has 1 aromatic rings. The van der Waals surface area contributed by atoms with E-state index in [0.717, 1.165) is 0 Å². The van der Waals surface area contributed by atoms with E-state index in [0.29, 0.717) is 15.9 Å². The molecule has 0 aromatic carbocycles. The monoisotopic (exact) mass is 298 g/mol. The van der Waals surface area contributed by atoms with Crippen molar-refractivity contribution in [1.29, 1.82) is 0 Å². The Bertz CT molecular complexity index is 414. The minimum absolute atomic E-state index is 0.138. The van der Waals surface area contributed by atoms with Crippen LogP contribution in [0, 0.1) is 0 Å². The van der Waals surface area contributed by atoms with Crippen molar-refractivity contribution < 1.29 is 9.59 Å². The van der Waals surface area contributed by atoms with Gasteiger partial charge in [-0.2, -0.15) is 0 Å². The molecule has 2 amide bonds. The minimum Gasteiger partial charge on any atom is -0.272 e. The van der Waals surface area contributed by atoms with Crippen LogP contribution in [-0.2, 0) is 4.79 Å². The Kier molecular flexibility index (Phi) is 5.72. The molecule has 6 heteroatoms. The van der Waals surface area contributed by atoms with Crippen LogP contribution in [0.5, 0.6) is 0 Å². The van der Waals surface area contributed by atoms with Crippen LogP contribution in [0.15, 0.2) is 17.5 Å². The molecule has 0 saturated heterocycles. The lowest BCUT2D eigenvalue weighted by Gasteiger charge is -2.20. The summed E-state index contributed by atoms with van der Waals surface area (Å²) in [4.78, 5) is 23.8. The molecule has 0 unspecified atom stereocenters. The van der Waals surface area contributed by atoms with Crippen LogP contribution in [0.4, 0.5) is 0 Å². The predicted octanol–water partition coefficient (Wildman–Crippen LogP) is 2.58. The fraction of sp³-hybridized carbons (Fsp3) is 0.538. The second-order valence-electron chi connectivity index (χ2n) is 4.55. The third-order valence-electron chi connectivity index (χ3n) is 3.06. The van der Waals surface area contributed by atoms with Gasteiger partial charge in [0.25, 0.3) is 5.91 Å². The zero-order valence-corrected chi connectivity index (χ0v) is 12.3. The van der Waals surface area contributed by atoms with Crippen molar-refractivity contribution in [2.75, 3.05) is 5.75 Å². The van der Waals surface area contributed by atoms with Gasteiger partial charge in [-0.3, -0.25) is 20.4 Å². The Labute approximate surface area is 121 Å². The van der Waals surface area contributed by atoms with Crippen molar-refractivity contribution in [2.45, 2.75) is 37.4 Å².